The molecule has 0 radical (unpaired) electrons. The number of nitrogens with one attached hydrogen (secondary N) is 1. The van der Waals surface area contributed by atoms with Gasteiger partial charge in [-0.05, 0) is 30.0 Å². The molecule has 4 heteroatoms. The van der Waals surface area contributed by atoms with E-state index in [4.69, 9.17) is 4.74 Å². The average Bonchev–Trinajstić information content (AvgIpc) is 2.44. The zero-order chi connectivity index (χ0) is 13.5. The minimum absolute atomic E-state index is 0.153. The van der Waals surface area contributed by atoms with Crippen molar-refractivity contribution in [2.24, 2.45) is 0 Å². The minimum atomic E-state index is -0.153. The summed E-state index contributed by atoms with van der Waals surface area (Å²) in [6, 6.07) is 8.26. The standard InChI is InChI=1S/C15H18N2O2/c1-2-19-15(18)6-8-16-10-12-3-4-14-11-17-7-5-13(14)9-12/h3-5,7,9,11,16H,2,6,8,10H2,1H3. The predicted molar refractivity (Wildman–Crippen MR) is 74.7 cm³/mol. The van der Waals surface area contributed by atoms with Crippen molar-refractivity contribution in [2.45, 2.75) is 19.9 Å². The van der Waals surface area contributed by atoms with Crippen molar-refractivity contribution in [3.63, 3.8) is 0 Å². The molecule has 0 aliphatic rings. The Morgan fingerprint density at radius 2 is 2.21 bits per heavy atom. The van der Waals surface area contributed by atoms with Crippen molar-refractivity contribution >= 4 is 16.7 Å². The Morgan fingerprint density at radius 1 is 1.32 bits per heavy atom. The maximum atomic E-state index is 11.2. The first-order valence-corrected chi connectivity index (χ1v) is 6.48. The van der Waals surface area contributed by atoms with Crippen LogP contribution < -0.4 is 5.32 Å². The number of carbonyl (C=O) groups excluding carboxylic acids is 1. The van der Waals surface area contributed by atoms with E-state index in [1.807, 2.05) is 19.2 Å². The Balaban J connectivity index is 1.83. The van der Waals surface area contributed by atoms with Gasteiger partial charge < -0.3 is 10.1 Å². The summed E-state index contributed by atoms with van der Waals surface area (Å²) in [5, 5.41) is 5.56. The van der Waals surface area contributed by atoms with Gasteiger partial charge in [-0.3, -0.25) is 9.78 Å². The molecule has 0 saturated heterocycles. The van der Waals surface area contributed by atoms with Crippen LogP contribution in [0.1, 0.15) is 18.9 Å². The second kappa shape index (κ2) is 6.85. The highest BCUT2D eigenvalue weighted by atomic mass is 16.5. The van der Waals surface area contributed by atoms with E-state index in [1.165, 1.54) is 10.9 Å². The zero-order valence-electron chi connectivity index (χ0n) is 11.1. The Kier molecular flexibility index (Phi) is 4.86. The molecule has 100 valence electrons. The highest BCUT2D eigenvalue weighted by molar-refractivity contribution is 5.81. The number of esters is 1. The lowest BCUT2D eigenvalue weighted by atomic mass is 10.1. The van der Waals surface area contributed by atoms with Gasteiger partial charge in [-0.1, -0.05) is 12.1 Å². The number of benzene rings is 1. The number of pyridine rings is 1. The molecule has 19 heavy (non-hydrogen) atoms. The fourth-order valence-corrected chi connectivity index (χ4v) is 1.90. The van der Waals surface area contributed by atoms with Crippen LogP contribution in [0.15, 0.2) is 36.7 Å². The van der Waals surface area contributed by atoms with Gasteiger partial charge in [0, 0.05) is 30.9 Å². The Morgan fingerprint density at radius 3 is 3.05 bits per heavy atom. The first kappa shape index (κ1) is 13.5. The molecule has 0 spiro atoms. The van der Waals surface area contributed by atoms with Crippen LogP contribution in [0.2, 0.25) is 0 Å². The third-order valence-electron chi connectivity index (χ3n) is 2.85. The highest BCUT2D eigenvalue weighted by Gasteiger charge is 2.01. The molecule has 0 aliphatic heterocycles. The van der Waals surface area contributed by atoms with Gasteiger partial charge in [-0.15, -0.1) is 0 Å². The molecule has 1 N–H and O–H groups in total. The quantitative estimate of drug-likeness (QED) is 0.638. The topological polar surface area (TPSA) is 51.2 Å². The van der Waals surface area contributed by atoms with Gasteiger partial charge in [0.1, 0.15) is 0 Å². The lowest BCUT2D eigenvalue weighted by Crippen LogP contribution is -2.19. The van der Waals surface area contributed by atoms with E-state index in [-0.39, 0.29) is 5.97 Å². The molecule has 1 aromatic heterocycles. The van der Waals surface area contributed by atoms with Gasteiger partial charge in [-0.2, -0.15) is 0 Å². The summed E-state index contributed by atoms with van der Waals surface area (Å²) < 4.78 is 4.87. The van der Waals surface area contributed by atoms with Gasteiger partial charge in [0.25, 0.3) is 0 Å². The molecule has 4 nitrogen and oxygen atoms in total. The van der Waals surface area contributed by atoms with E-state index in [2.05, 4.69) is 28.5 Å². The Labute approximate surface area is 112 Å². The van der Waals surface area contributed by atoms with Crippen molar-refractivity contribution in [3.05, 3.63) is 42.2 Å². The van der Waals surface area contributed by atoms with Crippen LogP contribution in [0.3, 0.4) is 0 Å². The molecule has 0 aliphatic carbocycles. The maximum absolute atomic E-state index is 11.2. The Bertz CT molecular complexity index is 555. The lowest BCUT2D eigenvalue weighted by Gasteiger charge is -2.06. The van der Waals surface area contributed by atoms with Gasteiger partial charge >= 0.3 is 5.97 Å². The smallest absolute Gasteiger partial charge is 0.307 e. The van der Waals surface area contributed by atoms with Crippen LogP contribution >= 0.6 is 0 Å². The minimum Gasteiger partial charge on any atom is -0.466 e. The van der Waals surface area contributed by atoms with Crippen molar-refractivity contribution < 1.29 is 9.53 Å². The SMILES string of the molecule is CCOC(=O)CCNCc1ccc2cnccc2c1. The largest absolute Gasteiger partial charge is 0.466 e. The molecule has 0 amide bonds. The van der Waals surface area contributed by atoms with E-state index < -0.39 is 0 Å². The molecule has 0 saturated carbocycles. The van der Waals surface area contributed by atoms with E-state index in [9.17, 15) is 4.79 Å². The van der Waals surface area contributed by atoms with Crippen molar-refractivity contribution in [3.8, 4) is 0 Å². The van der Waals surface area contributed by atoms with Gasteiger partial charge in [0.05, 0.1) is 13.0 Å². The monoisotopic (exact) mass is 258 g/mol. The maximum Gasteiger partial charge on any atom is 0.307 e. The van der Waals surface area contributed by atoms with Gasteiger partial charge in [-0.25, -0.2) is 0 Å². The number of ether oxygens (including phenoxy) is 1. The van der Waals surface area contributed by atoms with E-state index in [0.29, 0.717) is 19.6 Å². The first-order chi connectivity index (χ1) is 9.29. The van der Waals surface area contributed by atoms with E-state index in [1.54, 1.807) is 6.20 Å². The second-order valence-corrected chi connectivity index (χ2v) is 4.29. The molecule has 0 fully saturated rings. The average molecular weight is 258 g/mol. The number of nitrogens with zero attached hydrogens (tertiary/aromatic N) is 1. The van der Waals surface area contributed by atoms with Gasteiger partial charge in [0.2, 0.25) is 0 Å². The summed E-state index contributed by atoms with van der Waals surface area (Å²) in [6.07, 6.45) is 4.05. The number of hydrogen-bond donors (Lipinski definition) is 1. The predicted octanol–water partition coefficient (Wildman–Crippen LogP) is 2.28. The summed E-state index contributed by atoms with van der Waals surface area (Å²) >= 11 is 0. The molecule has 0 unspecified atom stereocenters. The molecule has 0 atom stereocenters. The van der Waals surface area contributed by atoms with Crippen LogP contribution in [0.25, 0.3) is 10.8 Å². The third-order valence-corrected chi connectivity index (χ3v) is 2.85. The molecule has 0 bridgehead atoms. The van der Waals surface area contributed by atoms with Crippen molar-refractivity contribution in [2.75, 3.05) is 13.2 Å². The second-order valence-electron chi connectivity index (χ2n) is 4.29. The fraction of sp³-hybridized carbons (Fsp3) is 0.333. The molecular formula is C15H18N2O2. The summed E-state index contributed by atoms with van der Waals surface area (Å²) in [6.45, 7) is 3.64. The number of carbonyl (C=O) groups is 1. The molecule has 1 aromatic carbocycles. The molecule has 2 rings (SSSR count). The zero-order valence-corrected chi connectivity index (χ0v) is 11.1. The molecule has 2 aromatic rings. The van der Waals surface area contributed by atoms with Crippen molar-refractivity contribution in [1.29, 1.82) is 0 Å². The molecule has 1 heterocycles. The van der Waals surface area contributed by atoms with Crippen LogP contribution in [-0.2, 0) is 16.1 Å². The number of aromatic nitrogens is 1. The van der Waals surface area contributed by atoms with E-state index in [0.717, 1.165) is 11.9 Å². The number of hydrogen-bond acceptors (Lipinski definition) is 4. The van der Waals surface area contributed by atoms with Crippen LogP contribution in [-0.4, -0.2) is 24.1 Å². The fourth-order valence-electron chi connectivity index (χ4n) is 1.90. The molecular weight excluding hydrogens is 240 g/mol. The Hall–Kier alpha value is -1.94. The first-order valence-electron chi connectivity index (χ1n) is 6.48. The normalized spacial score (nSPS) is 10.6. The van der Waals surface area contributed by atoms with Crippen LogP contribution in [0.5, 0.6) is 0 Å². The summed E-state index contributed by atoms with van der Waals surface area (Å²) in [4.78, 5) is 15.2. The van der Waals surface area contributed by atoms with E-state index >= 15 is 0 Å². The third kappa shape index (κ3) is 4.03. The van der Waals surface area contributed by atoms with Crippen LogP contribution in [0.4, 0.5) is 0 Å². The van der Waals surface area contributed by atoms with Crippen LogP contribution in [0, 0.1) is 0 Å². The van der Waals surface area contributed by atoms with Crippen molar-refractivity contribution in [1.82, 2.24) is 10.3 Å². The number of fused-ring (bicyclic) bond motifs is 1. The summed E-state index contributed by atoms with van der Waals surface area (Å²) in [5.74, 6) is -0.153. The highest BCUT2D eigenvalue weighted by Crippen LogP contribution is 2.14. The summed E-state index contributed by atoms with van der Waals surface area (Å²) in [7, 11) is 0. The van der Waals surface area contributed by atoms with Gasteiger partial charge in [0.15, 0.2) is 0 Å². The number of rotatable bonds is 6. The summed E-state index contributed by atoms with van der Waals surface area (Å²) in [5.41, 5.74) is 1.20. The lowest BCUT2D eigenvalue weighted by molar-refractivity contribution is -0.142.